The molecule has 2 aromatic carbocycles. The number of fused-ring (bicyclic) bond motifs is 3. The topological polar surface area (TPSA) is 13.1 Å². The quantitative estimate of drug-likeness (QED) is 0.548. The summed E-state index contributed by atoms with van der Waals surface area (Å²) in [5, 5.41) is 2.97. The molecule has 0 spiro atoms. The smallest absolute Gasteiger partial charge is 0.137 e. The number of aryl methyl sites for hydroxylation is 1. The molecule has 0 atom stereocenters. The van der Waals surface area contributed by atoms with E-state index in [4.69, 9.17) is 16.0 Å². The SMILES string of the molecule is Cc1cc(Cl)cc2oc3ccc(Br)cc3c12. The molecule has 3 heteroatoms. The minimum absolute atomic E-state index is 0.711. The molecule has 0 bridgehead atoms. The minimum Gasteiger partial charge on any atom is -0.456 e. The summed E-state index contributed by atoms with van der Waals surface area (Å²) < 4.78 is 6.82. The van der Waals surface area contributed by atoms with Crippen molar-refractivity contribution >= 4 is 49.5 Å². The first-order valence-corrected chi connectivity index (χ1v) is 6.10. The number of benzene rings is 2. The minimum atomic E-state index is 0.711. The Hall–Kier alpha value is -0.990. The first kappa shape index (κ1) is 10.2. The zero-order chi connectivity index (χ0) is 11.3. The number of rotatable bonds is 0. The monoisotopic (exact) mass is 294 g/mol. The van der Waals surface area contributed by atoms with E-state index < -0.39 is 0 Å². The van der Waals surface area contributed by atoms with E-state index in [2.05, 4.69) is 22.0 Å². The number of halogens is 2. The van der Waals surface area contributed by atoms with E-state index in [1.807, 2.05) is 31.2 Å². The van der Waals surface area contributed by atoms with Crippen molar-refractivity contribution < 1.29 is 4.42 Å². The van der Waals surface area contributed by atoms with Crippen molar-refractivity contribution in [1.29, 1.82) is 0 Å². The van der Waals surface area contributed by atoms with E-state index in [9.17, 15) is 0 Å². The van der Waals surface area contributed by atoms with Crippen LogP contribution in [0.4, 0.5) is 0 Å². The molecule has 0 saturated carbocycles. The molecule has 0 N–H and O–H groups in total. The second-order valence-electron chi connectivity index (χ2n) is 3.84. The second kappa shape index (κ2) is 3.51. The van der Waals surface area contributed by atoms with Gasteiger partial charge in [0.2, 0.25) is 0 Å². The Bertz CT molecular complexity index is 700. The highest BCUT2D eigenvalue weighted by atomic mass is 79.9. The Kier molecular flexibility index (Phi) is 2.23. The van der Waals surface area contributed by atoms with Gasteiger partial charge in [0.15, 0.2) is 0 Å². The first-order chi connectivity index (χ1) is 7.65. The third-order valence-electron chi connectivity index (χ3n) is 2.69. The summed E-state index contributed by atoms with van der Waals surface area (Å²) in [6.07, 6.45) is 0. The van der Waals surface area contributed by atoms with E-state index >= 15 is 0 Å². The van der Waals surface area contributed by atoms with Crippen molar-refractivity contribution in [2.75, 3.05) is 0 Å². The molecule has 0 aliphatic rings. The van der Waals surface area contributed by atoms with Crippen LogP contribution in [-0.4, -0.2) is 0 Å². The molecule has 0 aliphatic heterocycles. The molecule has 0 amide bonds. The molecular weight excluding hydrogens is 287 g/mol. The number of furan rings is 1. The lowest BCUT2D eigenvalue weighted by Crippen LogP contribution is -1.75. The lowest BCUT2D eigenvalue weighted by atomic mass is 10.1. The summed E-state index contributed by atoms with van der Waals surface area (Å²) in [6, 6.07) is 9.83. The van der Waals surface area contributed by atoms with Crippen LogP contribution >= 0.6 is 27.5 Å². The highest BCUT2D eigenvalue weighted by Gasteiger charge is 2.10. The van der Waals surface area contributed by atoms with Gasteiger partial charge >= 0.3 is 0 Å². The normalized spacial score (nSPS) is 11.4. The van der Waals surface area contributed by atoms with E-state index in [0.717, 1.165) is 32.0 Å². The van der Waals surface area contributed by atoms with Crippen LogP contribution in [0.1, 0.15) is 5.56 Å². The van der Waals surface area contributed by atoms with Crippen molar-refractivity contribution in [3.05, 3.63) is 45.4 Å². The standard InChI is InChI=1S/C13H8BrClO/c1-7-4-9(15)6-12-13(7)10-5-8(14)2-3-11(10)16-12/h2-6H,1H3. The van der Waals surface area contributed by atoms with E-state index in [0.29, 0.717) is 5.02 Å². The van der Waals surface area contributed by atoms with Gasteiger partial charge in [-0.1, -0.05) is 27.5 Å². The van der Waals surface area contributed by atoms with Gasteiger partial charge in [0.1, 0.15) is 11.2 Å². The molecule has 0 unspecified atom stereocenters. The Balaban J connectivity index is 2.57. The molecule has 16 heavy (non-hydrogen) atoms. The van der Waals surface area contributed by atoms with Crippen LogP contribution < -0.4 is 0 Å². The van der Waals surface area contributed by atoms with E-state index in [-0.39, 0.29) is 0 Å². The Labute approximate surface area is 106 Å². The predicted molar refractivity (Wildman–Crippen MR) is 71.2 cm³/mol. The van der Waals surface area contributed by atoms with E-state index in [1.165, 1.54) is 0 Å². The summed E-state index contributed by atoms with van der Waals surface area (Å²) in [5.74, 6) is 0. The maximum absolute atomic E-state index is 6.01. The largest absolute Gasteiger partial charge is 0.456 e. The molecule has 0 radical (unpaired) electrons. The highest BCUT2D eigenvalue weighted by molar-refractivity contribution is 9.10. The van der Waals surface area contributed by atoms with Crippen molar-refractivity contribution in [3.8, 4) is 0 Å². The summed E-state index contributed by atoms with van der Waals surface area (Å²) in [5.41, 5.74) is 2.88. The molecular formula is C13H8BrClO. The van der Waals surface area contributed by atoms with Crippen molar-refractivity contribution in [2.45, 2.75) is 6.92 Å². The molecule has 3 rings (SSSR count). The molecule has 1 aromatic heterocycles. The fourth-order valence-corrected chi connectivity index (χ4v) is 2.67. The van der Waals surface area contributed by atoms with E-state index in [1.54, 1.807) is 0 Å². The van der Waals surface area contributed by atoms with Crippen molar-refractivity contribution in [2.24, 2.45) is 0 Å². The lowest BCUT2D eigenvalue weighted by Gasteiger charge is -1.97. The highest BCUT2D eigenvalue weighted by Crippen LogP contribution is 2.34. The maximum Gasteiger partial charge on any atom is 0.137 e. The second-order valence-corrected chi connectivity index (χ2v) is 5.19. The summed E-state index contributed by atoms with van der Waals surface area (Å²) in [7, 11) is 0. The van der Waals surface area contributed by atoms with Crippen LogP contribution in [0.25, 0.3) is 21.9 Å². The van der Waals surface area contributed by atoms with Gasteiger partial charge in [-0.3, -0.25) is 0 Å². The molecule has 1 nitrogen and oxygen atoms in total. The van der Waals surface area contributed by atoms with Crippen LogP contribution in [0.15, 0.2) is 39.2 Å². The third kappa shape index (κ3) is 1.45. The van der Waals surface area contributed by atoms with Crippen LogP contribution in [-0.2, 0) is 0 Å². The molecule has 3 aromatic rings. The molecule has 0 saturated heterocycles. The zero-order valence-electron chi connectivity index (χ0n) is 8.55. The van der Waals surface area contributed by atoms with Gasteiger partial charge in [0.25, 0.3) is 0 Å². The summed E-state index contributed by atoms with van der Waals surface area (Å²) in [6.45, 7) is 2.05. The summed E-state index contributed by atoms with van der Waals surface area (Å²) >= 11 is 9.49. The van der Waals surface area contributed by atoms with Crippen LogP contribution in [0.5, 0.6) is 0 Å². The van der Waals surface area contributed by atoms with Gasteiger partial charge in [0.05, 0.1) is 0 Å². The van der Waals surface area contributed by atoms with Crippen LogP contribution in [0, 0.1) is 6.92 Å². The van der Waals surface area contributed by atoms with Crippen molar-refractivity contribution in [1.82, 2.24) is 0 Å². The van der Waals surface area contributed by atoms with Gasteiger partial charge in [0, 0.05) is 26.3 Å². The molecule has 1 heterocycles. The fourth-order valence-electron chi connectivity index (χ4n) is 2.04. The van der Waals surface area contributed by atoms with Gasteiger partial charge in [-0.15, -0.1) is 0 Å². The first-order valence-electron chi connectivity index (χ1n) is 4.93. The lowest BCUT2D eigenvalue weighted by molar-refractivity contribution is 0.669. The maximum atomic E-state index is 6.01. The number of hydrogen-bond donors (Lipinski definition) is 0. The Morgan fingerprint density at radius 2 is 1.94 bits per heavy atom. The predicted octanol–water partition coefficient (Wildman–Crippen LogP) is 5.31. The van der Waals surface area contributed by atoms with Crippen LogP contribution in [0.3, 0.4) is 0 Å². The molecule has 80 valence electrons. The third-order valence-corrected chi connectivity index (χ3v) is 3.41. The average Bonchev–Trinajstić information content (AvgIpc) is 2.54. The Morgan fingerprint density at radius 3 is 2.75 bits per heavy atom. The average molecular weight is 296 g/mol. The Morgan fingerprint density at radius 1 is 1.12 bits per heavy atom. The van der Waals surface area contributed by atoms with Crippen molar-refractivity contribution in [3.63, 3.8) is 0 Å². The molecule has 0 aliphatic carbocycles. The fraction of sp³-hybridized carbons (Fsp3) is 0.0769. The zero-order valence-corrected chi connectivity index (χ0v) is 10.9. The number of hydrogen-bond acceptors (Lipinski definition) is 1. The van der Waals surface area contributed by atoms with Gasteiger partial charge in [-0.2, -0.15) is 0 Å². The van der Waals surface area contributed by atoms with Gasteiger partial charge in [-0.25, -0.2) is 0 Å². The molecule has 0 fully saturated rings. The van der Waals surface area contributed by atoms with Gasteiger partial charge < -0.3 is 4.42 Å². The van der Waals surface area contributed by atoms with Crippen LogP contribution in [0.2, 0.25) is 5.02 Å². The van der Waals surface area contributed by atoms with Gasteiger partial charge in [-0.05, 0) is 36.8 Å². The summed E-state index contributed by atoms with van der Waals surface area (Å²) in [4.78, 5) is 0.